The third-order valence-corrected chi connectivity index (χ3v) is 3.32. The van der Waals surface area contributed by atoms with E-state index >= 15 is 0 Å². The molecule has 0 unspecified atom stereocenters. The molecule has 0 amide bonds. The van der Waals surface area contributed by atoms with Gasteiger partial charge in [0.15, 0.2) is 0 Å². The number of hydrogen-bond donors (Lipinski definition) is 0. The molecule has 1 saturated heterocycles. The van der Waals surface area contributed by atoms with E-state index in [0.717, 1.165) is 25.9 Å². The number of carbonyl (C=O) groups excluding carboxylic acids is 1. The fraction of sp³-hybridized carbons (Fsp3) is 0.727. The van der Waals surface area contributed by atoms with Crippen molar-refractivity contribution in [3.8, 4) is 10.8 Å². The van der Waals surface area contributed by atoms with Crippen molar-refractivity contribution >= 4 is 21.9 Å². The zero-order chi connectivity index (χ0) is 10.8. The van der Waals surface area contributed by atoms with Gasteiger partial charge in [0.25, 0.3) is 0 Å². The van der Waals surface area contributed by atoms with E-state index in [2.05, 4.69) is 31.6 Å². The average Bonchev–Trinajstić information content (AvgIpc) is 2.03. The largest absolute Gasteiger partial charge is 0.462 e. The molecule has 1 aliphatic heterocycles. The van der Waals surface area contributed by atoms with Gasteiger partial charge in [-0.15, -0.1) is 0 Å². The van der Waals surface area contributed by atoms with Gasteiger partial charge in [0.2, 0.25) is 0 Å². The molecule has 0 aromatic carbocycles. The van der Waals surface area contributed by atoms with E-state index < -0.39 is 0 Å². The smallest absolute Gasteiger partial charge is 0.302 e. The summed E-state index contributed by atoms with van der Waals surface area (Å²) in [4.78, 5) is 15.9. The first kappa shape index (κ1) is 11.0. The highest BCUT2D eigenvalue weighted by Crippen LogP contribution is 2.32. The zero-order valence-corrected chi connectivity index (χ0v) is 10.3. The van der Waals surface area contributed by atoms with Gasteiger partial charge in [0.05, 0.1) is 0 Å². The Hall–Kier alpha value is -0.530. The van der Waals surface area contributed by atoms with Crippen LogP contribution in [-0.2, 0) is 9.53 Å². The molecule has 0 atom stereocenters. The Morgan fingerprint density at radius 1 is 1.47 bits per heavy atom. The van der Waals surface area contributed by atoms with Crippen molar-refractivity contribution in [3.05, 3.63) is 0 Å². The molecule has 82 valence electrons. The molecule has 3 nitrogen and oxygen atoms in total. The van der Waals surface area contributed by atoms with E-state index in [-0.39, 0.29) is 12.1 Å². The quantitative estimate of drug-likeness (QED) is 0.561. The highest BCUT2D eigenvalue weighted by Gasteiger charge is 2.40. The van der Waals surface area contributed by atoms with Gasteiger partial charge < -0.3 is 4.74 Å². The lowest BCUT2D eigenvalue weighted by Gasteiger charge is -2.48. The minimum absolute atomic E-state index is 0.161. The molecule has 2 rings (SSSR count). The molecule has 0 aromatic rings. The van der Waals surface area contributed by atoms with Gasteiger partial charge >= 0.3 is 5.97 Å². The van der Waals surface area contributed by atoms with Crippen LogP contribution in [0.2, 0.25) is 0 Å². The predicted octanol–water partition coefficient (Wildman–Crippen LogP) is 1.37. The SMILES string of the molecule is CC(=O)OC1CC(N2CC(C#CBr)C2)C1. The number of halogens is 1. The van der Waals surface area contributed by atoms with Gasteiger partial charge in [-0.05, 0) is 4.83 Å². The highest BCUT2D eigenvalue weighted by molar-refractivity contribution is 9.12. The first-order chi connectivity index (χ1) is 7.19. The van der Waals surface area contributed by atoms with Gasteiger partial charge in [-0.25, -0.2) is 0 Å². The molecule has 2 fully saturated rings. The Kier molecular flexibility index (Phi) is 3.32. The van der Waals surface area contributed by atoms with Crippen LogP contribution in [0.4, 0.5) is 0 Å². The second-order valence-electron chi connectivity index (χ2n) is 4.25. The summed E-state index contributed by atoms with van der Waals surface area (Å²) in [6.45, 7) is 3.60. The third-order valence-electron chi connectivity index (χ3n) is 3.09. The molecule has 1 aliphatic carbocycles. The monoisotopic (exact) mass is 271 g/mol. The average molecular weight is 272 g/mol. The number of nitrogens with zero attached hydrogens (tertiary/aromatic N) is 1. The van der Waals surface area contributed by atoms with Crippen LogP contribution in [0.3, 0.4) is 0 Å². The minimum Gasteiger partial charge on any atom is -0.462 e. The molecule has 0 radical (unpaired) electrons. The van der Waals surface area contributed by atoms with E-state index in [0.29, 0.717) is 12.0 Å². The van der Waals surface area contributed by atoms with Crippen molar-refractivity contribution < 1.29 is 9.53 Å². The lowest BCUT2D eigenvalue weighted by atomic mass is 9.84. The van der Waals surface area contributed by atoms with Gasteiger partial charge in [-0.3, -0.25) is 9.69 Å². The summed E-state index contributed by atoms with van der Waals surface area (Å²) in [7, 11) is 0. The van der Waals surface area contributed by atoms with Crippen LogP contribution in [-0.4, -0.2) is 36.1 Å². The molecule has 0 N–H and O–H groups in total. The number of esters is 1. The molecule has 0 spiro atoms. The Morgan fingerprint density at radius 2 is 2.13 bits per heavy atom. The number of rotatable bonds is 2. The fourth-order valence-corrected chi connectivity index (χ4v) is 2.47. The highest BCUT2D eigenvalue weighted by atomic mass is 79.9. The second kappa shape index (κ2) is 4.54. The molecular formula is C11H14BrNO2. The van der Waals surface area contributed by atoms with Crippen LogP contribution < -0.4 is 0 Å². The standard InChI is InChI=1S/C11H14BrNO2/c1-8(14)15-11-4-10(5-11)13-6-9(7-13)2-3-12/h9-11H,4-7H2,1H3. The molecular weight excluding hydrogens is 258 g/mol. The third kappa shape index (κ3) is 2.53. The summed E-state index contributed by atoms with van der Waals surface area (Å²) in [5, 5.41) is 0. The number of hydrogen-bond acceptors (Lipinski definition) is 3. The van der Waals surface area contributed by atoms with Crippen molar-refractivity contribution in [3.63, 3.8) is 0 Å². The van der Waals surface area contributed by atoms with E-state index in [4.69, 9.17) is 4.74 Å². The first-order valence-electron chi connectivity index (χ1n) is 5.21. The molecule has 15 heavy (non-hydrogen) atoms. The Balaban J connectivity index is 1.64. The van der Waals surface area contributed by atoms with E-state index in [1.165, 1.54) is 6.92 Å². The second-order valence-corrected chi connectivity index (χ2v) is 4.64. The summed E-state index contributed by atoms with van der Waals surface area (Å²) in [6.07, 6.45) is 2.15. The van der Waals surface area contributed by atoms with Crippen LogP contribution in [0.15, 0.2) is 0 Å². The number of likely N-dealkylation sites (tertiary alicyclic amines) is 1. The van der Waals surface area contributed by atoms with Crippen molar-refractivity contribution in [2.45, 2.75) is 31.9 Å². The van der Waals surface area contributed by atoms with Crippen LogP contribution in [0.5, 0.6) is 0 Å². The molecule has 1 heterocycles. The zero-order valence-electron chi connectivity index (χ0n) is 8.70. The topological polar surface area (TPSA) is 29.5 Å². The van der Waals surface area contributed by atoms with Gasteiger partial charge in [-0.1, -0.05) is 5.92 Å². The fourth-order valence-electron chi connectivity index (χ4n) is 2.15. The summed E-state index contributed by atoms with van der Waals surface area (Å²) in [5.41, 5.74) is 0. The van der Waals surface area contributed by atoms with E-state index in [9.17, 15) is 4.79 Å². The van der Waals surface area contributed by atoms with Crippen molar-refractivity contribution in [2.24, 2.45) is 5.92 Å². The maximum absolute atomic E-state index is 10.7. The van der Waals surface area contributed by atoms with Crippen LogP contribution >= 0.6 is 15.9 Å². The molecule has 2 aliphatic rings. The normalized spacial score (nSPS) is 30.8. The molecule has 0 aromatic heterocycles. The summed E-state index contributed by atoms with van der Waals surface area (Å²) in [6, 6.07) is 0.614. The molecule has 1 saturated carbocycles. The van der Waals surface area contributed by atoms with Crippen LogP contribution in [0.1, 0.15) is 19.8 Å². The van der Waals surface area contributed by atoms with Gasteiger partial charge in [-0.2, -0.15) is 0 Å². The van der Waals surface area contributed by atoms with Crippen LogP contribution in [0, 0.1) is 16.7 Å². The number of ether oxygens (including phenoxy) is 1. The van der Waals surface area contributed by atoms with Gasteiger partial charge in [0, 0.05) is 60.7 Å². The first-order valence-corrected chi connectivity index (χ1v) is 6.00. The Labute approximate surface area is 98.3 Å². The lowest BCUT2D eigenvalue weighted by Crippen LogP contribution is -2.57. The molecule has 4 heteroatoms. The molecule has 0 bridgehead atoms. The summed E-state index contributed by atoms with van der Waals surface area (Å²) < 4.78 is 5.11. The van der Waals surface area contributed by atoms with Crippen molar-refractivity contribution in [1.82, 2.24) is 4.90 Å². The van der Waals surface area contributed by atoms with Crippen LogP contribution in [0.25, 0.3) is 0 Å². The lowest BCUT2D eigenvalue weighted by molar-refractivity contribution is -0.155. The van der Waals surface area contributed by atoms with Crippen molar-refractivity contribution in [2.75, 3.05) is 13.1 Å². The van der Waals surface area contributed by atoms with E-state index in [1.807, 2.05) is 0 Å². The maximum Gasteiger partial charge on any atom is 0.302 e. The predicted molar refractivity (Wildman–Crippen MR) is 60.3 cm³/mol. The summed E-state index contributed by atoms with van der Waals surface area (Å²) >= 11 is 3.11. The van der Waals surface area contributed by atoms with E-state index in [1.54, 1.807) is 0 Å². The van der Waals surface area contributed by atoms with Gasteiger partial charge in [0.1, 0.15) is 6.10 Å². The van der Waals surface area contributed by atoms with Crippen molar-refractivity contribution in [1.29, 1.82) is 0 Å². The maximum atomic E-state index is 10.7. The number of carbonyl (C=O) groups is 1. The minimum atomic E-state index is -0.162. The summed E-state index contributed by atoms with van der Waals surface area (Å²) in [5.74, 6) is 3.46. The Bertz CT molecular complexity index is 308. The Morgan fingerprint density at radius 3 is 2.67 bits per heavy atom.